The molecule has 0 aliphatic rings. The summed E-state index contributed by atoms with van der Waals surface area (Å²) in [6.45, 7) is 0. The molecule has 0 bridgehead atoms. The van der Waals surface area contributed by atoms with Crippen LogP contribution in [0.4, 0.5) is 5.82 Å². The van der Waals surface area contributed by atoms with Gasteiger partial charge < -0.3 is 10.3 Å². The number of rotatable bonds is 0. The average molecular weight is 157 g/mol. The van der Waals surface area contributed by atoms with Crippen molar-refractivity contribution in [2.75, 3.05) is 5.73 Å². The second-order valence-corrected chi connectivity index (χ2v) is 2.12. The zero-order valence-electron chi connectivity index (χ0n) is 5.30. The van der Waals surface area contributed by atoms with E-state index >= 15 is 0 Å². The number of hydrogen-bond donors (Lipinski definition) is 1. The predicted octanol–water partition coefficient (Wildman–Crippen LogP) is 0.527. The highest BCUT2D eigenvalue weighted by molar-refractivity contribution is 6.28. The molecule has 1 aromatic rings. The highest BCUT2D eigenvalue weighted by Crippen LogP contribution is 2.14. The van der Waals surface area contributed by atoms with Crippen molar-refractivity contribution in [3.63, 3.8) is 0 Å². The SMILES string of the molecule is Cn1c(Cl)nc(C#N)c1N. The van der Waals surface area contributed by atoms with Crippen molar-refractivity contribution in [2.24, 2.45) is 7.05 Å². The Morgan fingerprint density at radius 2 is 2.40 bits per heavy atom. The van der Waals surface area contributed by atoms with E-state index in [-0.39, 0.29) is 11.0 Å². The summed E-state index contributed by atoms with van der Waals surface area (Å²) in [7, 11) is 1.64. The smallest absolute Gasteiger partial charge is 0.205 e. The van der Waals surface area contributed by atoms with Gasteiger partial charge in [-0.2, -0.15) is 5.26 Å². The lowest BCUT2D eigenvalue weighted by Gasteiger charge is -1.92. The third-order valence-corrected chi connectivity index (χ3v) is 1.53. The Morgan fingerprint density at radius 1 is 1.80 bits per heavy atom. The van der Waals surface area contributed by atoms with Crippen molar-refractivity contribution in [1.29, 1.82) is 5.26 Å². The van der Waals surface area contributed by atoms with Gasteiger partial charge in [0, 0.05) is 7.05 Å². The number of halogens is 1. The summed E-state index contributed by atoms with van der Waals surface area (Å²) in [6.07, 6.45) is 0. The first-order chi connectivity index (χ1) is 4.66. The van der Waals surface area contributed by atoms with Crippen molar-refractivity contribution in [1.82, 2.24) is 9.55 Å². The molecule has 0 fully saturated rings. The lowest BCUT2D eigenvalue weighted by Crippen LogP contribution is -1.96. The van der Waals surface area contributed by atoms with Gasteiger partial charge in [-0.05, 0) is 11.6 Å². The van der Waals surface area contributed by atoms with Crippen LogP contribution >= 0.6 is 11.6 Å². The molecule has 0 aromatic carbocycles. The Labute approximate surface area is 62.8 Å². The van der Waals surface area contributed by atoms with Gasteiger partial charge in [0.1, 0.15) is 11.9 Å². The van der Waals surface area contributed by atoms with Crippen LogP contribution in [-0.2, 0) is 7.05 Å². The molecule has 1 rings (SSSR count). The molecule has 0 aliphatic carbocycles. The topological polar surface area (TPSA) is 67.6 Å². The second-order valence-electron chi connectivity index (χ2n) is 1.79. The Hall–Kier alpha value is -1.21. The van der Waals surface area contributed by atoms with Gasteiger partial charge in [-0.3, -0.25) is 0 Å². The summed E-state index contributed by atoms with van der Waals surface area (Å²) in [4.78, 5) is 3.67. The molecule has 0 spiro atoms. The quantitative estimate of drug-likeness (QED) is 0.596. The molecular formula is C5H5ClN4. The minimum atomic E-state index is 0.174. The Kier molecular flexibility index (Phi) is 1.52. The minimum absolute atomic E-state index is 0.174. The third-order valence-electron chi connectivity index (χ3n) is 1.19. The van der Waals surface area contributed by atoms with E-state index in [9.17, 15) is 0 Å². The van der Waals surface area contributed by atoms with E-state index in [4.69, 9.17) is 22.6 Å². The van der Waals surface area contributed by atoms with Gasteiger partial charge in [-0.15, -0.1) is 0 Å². The van der Waals surface area contributed by atoms with Crippen LogP contribution in [0, 0.1) is 11.3 Å². The molecule has 2 N–H and O–H groups in total. The highest BCUT2D eigenvalue weighted by Gasteiger charge is 2.07. The molecule has 10 heavy (non-hydrogen) atoms. The predicted molar refractivity (Wildman–Crippen MR) is 37.3 cm³/mol. The molecule has 0 unspecified atom stereocenters. The third kappa shape index (κ3) is 0.807. The first-order valence-corrected chi connectivity index (χ1v) is 2.92. The second kappa shape index (κ2) is 2.20. The van der Waals surface area contributed by atoms with Crippen LogP contribution in [-0.4, -0.2) is 9.55 Å². The number of hydrogen-bond acceptors (Lipinski definition) is 3. The molecule has 0 aliphatic heterocycles. The Morgan fingerprint density at radius 3 is 2.60 bits per heavy atom. The first kappa shape index (κ1) is 6.90. The van der Waals surface area contributed by atoms with Crippen LogP contribution in [0.2, 0.25) is 5.28 Å². The Balaban J connectivity index is 3.34. The largest absolute Gasteiger partial charge is 0.383 e. The van der Waals surface area contributed by atoms with Gasteiger partial charge in [0.2, 0.25) is 5.28 Å². The summed E-state index contributed by atoms with van der Waals surface area (Å²) in [5, 5.41) is 8.62. The lowest BCUT2D eigenvalue weighted by atomic mass is 10.5. The molecule has 0 atom stereocenters. The summed E-state index contributed by atoms with van der Waals surface area (Å²) in [6, 6.07) is 1.82. The van der Waals surface area contributed by atoms with Gasteiger partial charge >= 0.3 is 0 Å². The molecule has 5 heteroatoms. The molecule has 1 heterocycles. The summed E-state index contributed by atoms with van der Waals surface area (Å²) >= 11 is 5.53. The number of nitrogens with zero attached hydrogens (tertiary/aromatic N) is 3. The van der Waals surface area contributed by atoms with E-state index in [0.29, 0.717) is 5.82 Å². The van der Waals surface area contributed by atoms with Crippen molar-refractivity contribution in [2.45, 2.75) is 0 Å². The Bertz CT molecular complexity index is 295. The number of anilines is 1. The van der Waals surface area contributed by atoms with Gasteiger partial charge in [-0.1, -0.05) is 0 Å². The van der Waals surface area contributed by atoms with Crippen LogP contribution in [0.1, 0.15) is 5.69 Å². The highest BCUT2D eigenvalue weighted by atomic mass is 35.5. The summed E-state index contributed by atoms with van der Waals surface area (Å²) in [5.41, 5.74) is 5.58. The minimum Gasteiger partial charge on any atom is -0.383 e. The standard InChI is InChI=1S/C5H5ClN4/c1-10-4(8)3(2-7)9-5(10)6/h8H2,1H3. The maximum atomic E-state index is 8.39. The van der Waals surface area contributed by atoms with E-state index < -0.39 is 0 Å². The van der Waals surface area contributed by atoms with Crippen LogP contribution in [0.15, 0.2) is 0 Å². The van der Waals surface area contributed by atoms with Gasteiger partial charge in [0.15, 0.2) is 5.69 Å². The first-order valence-electron chi connectivity index (χ1n) is 2.54. The van der Waals surface area contributed by atoms with E-state index in [1.165, 1.54) is 4.57 Å². The fraction of sp³-hybridized carbons (Fsp3) is 0.200. The molecule has 52 valence electrons. The monoisotopic (exact) mass is 156 g/mol. The maximum absolute atomic E-state index is 8.39. The summed E-state index contributed by atoms with van der Waals surface area (Å²) < 4.78 is 1.44. The van der Waals surface area contributed by atoms with Crippen molar-refractivity contribution in [3.8, 4) is 6.07 Å². The molecule has 4 nitrogen and oxygen atoms in total. The molecule has 0 amide bonds. The number of nitriles is 1. The molecule has 0 saturated heterocycles. The van der Waals surface area contributed by atoms with Crippen LogP contribution in [0.25, 0.3) is 0 Å². The van der Waals surface area contributed by atoms with Gasteiger partial charge in [-0.25, -0.2) is 4.98 Å². The van der Waals surface area contributed by atoms with E-state index in [2.05, 4.69) is 4.98 Å². The van der Waals surface area contributed by atoms with Crippen molar-refractivity contribution < 1.29 is 0 Å². The number of nitrogens with two attached hydrogens (primary N) is 1. The maximum Gasteiger partial charge on any atom is 0.205 e. The van der Waals surface area contributed by atoms with Crippen molar-refractivity contribution in [3.05, 3.63) is 11.0 Å². The van der Waals surface area contributed by atoms with E-state index in [1.807, 2.05) is 6.07 Å². The fourth-order valence-corrected chi connectivity index (χ4v) is 0.741. The molecular weight excluding hydrogens is 152 g/mol. The normalized spacial score (nSPS) is 9.30. The fourth-order valence-electron chi connectivity index (χ4n) is 0.565. The van der Waals surface area contributed by atoms with Crippen molar-refractivity contribution >= 4 is 17.4 Å². The molecule has 0 radical (unpaired) electrons. The zero-order chi connectivity index (χ0) is 7.72. The molecule has 1 aromatic heterocycles. The number of aromatic nitrogens is 2. The van der Waals surface area contributed by atoms with Gasteiger partial charge in [0.05, 0.1) is 0 Å². The number of imidazole rings is 1. The summed E-state index contributed by atoms with van der Waals surface area (Å²) in [5.74, 6) is 0.299. The average Bonchev–Trinajstić information content (AvgIpc) is 2.17. The van der Waals surface area contributed by atoms with E-state index in [0.717, 1.165) is 0 Å². The lowest BCUT2D eigenvalue weighted by molar-refractivity contribution is 0.926. The number of nitrogen functional groups attached to an aromatic ring is 1. The van der Waals surface area contributed by atoms with Crippen LogP contribution in [0.5, 0.6) is 0 Å². The van der Waals surface area contributed by atoms with Gasteiger partial charge in [0.25, 0.3) is 0 Å². The van der Waals surface area contributed by atoms with Crippen LogP contribution < -0.4 is 5.73 Å². The van der Waals surface area contributed by atoms with Crippen LogP contribution in [0.3, 0.4) is 0 Å². The molecule has 0 saturated carbocycles. The van der Waals surface area contributed by atoms with E-state index in [1.54, 1.807) is 7.05 Å². The zero-order valence-corrected chi connectivity index (χ0v) is 6.05.